The van der Waals surface area contributed by atoms with Gasteiger partial charge >= 0.3 is 39.5 Å². The predicted molar refractivity (Wildman–Crippen MR) is 432 cm³/mol. The van der Waals surface area contributed by atoms with Crippen LogP contribution in [0.3, 0.4) is 0 Å². The lowest BCUT2D eigenvalue weighted by molar-refractivity contribution is -0.161. The average Bonchev–Trinajstić information content (AvgIpc) is 0.925. The molecule has 0 aliphatic rings. The molecule has 105 heavy (non-hydrogen) atoms. The Hall–Kier alpha value is -1.94. The number of aliphatic hydroxyl groups excluding tert-OH is 1. The van der Waals surface area contributed by atoms with Crippen LogP contribution in [0.5, 0.6) is 0 Å². The summed E-state index contributed by atoms with van der Waals surface area (Å²) in [6.45, 7) is 9.65. The summed E-state index contributed by atoms with van der Waals surface area (Å²) in [4.78, 5) is 73.2. The number of aliphatic hydroxyl groups is 1. The monoisotopic (exact) mass is 1540 g/mol. The van der Waals surface area contributed by atoms with Gasteiger partial charge in [0.15, 0.2) is 12.2 Å². The summed E-state index contributed by atoms with van der Waals surface area (Å²) in [5.41, 5.74) is 0. The molecule has 0 aromatic rings. The minimum absolute atomic E-state index is 0.108. The van der Waals surface area contributed by atoms with E-state index in [0.29, 0.717) is 31.6 Å². The third-order valence-corrected chi connectivity index (χ3v) is 22.1. The largest absolute Gasteiger partial charge is 0.472 e. The average molecular weight is 1540 g/mol. The van der Waals surface area contributed by atoms with E-state index in [1.165, 1.54) is 270 Å². The predicted octanol–water partition coefficient (Wildman–Crippen LogP) is 26.2. The number of hydrogen-bond donors (Lipinski definition) is 3. The van der Waals surface area contributed by atoms with Gasteiger partial charge in [-0.15, -0.1) is 0 Å². The molecule has 3 N–H and O–H groups in total. The molecular formula is C86H168O17P2. The van der Waals surface area contributed by atoms with Crippen molar-refractivity contribution in [1.82, 2.24) is 0 Å². The molecule has 0 rings (SSSR count). The van der Waals surface area contributed by atoms with E-state index in [1.54, 1.807) is 0 Å². The molecule has 624 valence electrons. The molecule has 0 saturated carbocycles. The van der Waals surface area contributed by atoms with Crippen LogP contribution in [-0.4, -0.2) is 96.7 Å². The first-order valence-corrected chi connectivity index (χ1v) is 47.5. The molecule has 0 fully saturated rings. The number of rotatable bonds is 85. The van der Waals surface area contributed by atoms with E-state index < -0.39 is 97.5 Å². The van der Waals surface area contributed by atoms with Crippen LogP contribution in [0.2, 0.25) is 0 Å². The van der Waals surface area contributed by atoms with Gasteiger partial charge in [0.05, 0.1) is 26.4 Å². The van der Waals surface area contributed by atoms with E-state index in [-0.39, 0.29) is 25.7 Å². The Balaban J connectivity index is 5.23. The highest BCUT2D eigenvalue weighted by Crippen LogP contribution is 2.45. The molecule has 0 radical (unpaired) electrons. The van der Waals surface area contributed by atoms with Gasteiger partial charge in [-0.3, -0.25) is 37.3 Å². The number of carbonyl (C=O) groups excluding carboxylic acids is 4. The van der Waals surface area contributed by atoms with E-state index in [4.69, 9.17) is 37.0 Å². The van der Waals surface area contributed by atoms with Gasteiger partial charge < -0.3 is 33.8 Å². The molecule has 0 aliphatic heterocycles. The van der Waals surface area contributed by atoms with Gasteiger partial charge in [0.2, 0.25) is 0 Å². The standard InChI is InChI=1S/C86H168O17P2/c1-7-9-11-13-15-17-19-21-23-25-26-28-32-36-40-44-50-56-62-68-83(88)96-74-81(102-85(90)70-65-59-52-46-42-38-34-30-29-31-35-39-43-48-54-60-66-78(3)4)76-100-104(92,93)98-72-80(87)73-99-105(94,95)101-77-82(75-97-84(89)69-63-57-53-47-49-55-61-67-79(5)6)103-86(91)71-64-58-51-45-41-37-33-27-24-22-20-18-16-14-12-10-8-2/h78-82,87H,7-77H2,1-6H3,(H,92,93)(H,94,95)/t80-,81-,82-/m1/s1. The molecule has 17 nitrogen and oxygen atoms in total. The number of ether oxygens (including phenoxy) is 4. The molecule has 0 saturated heterocycles. The van der Waals surface area contributed by atoms with Gasteiger partial charge in [0.1, 0.15) is 19.3 Å². The van der Waals surface area contributed by atoms with Gasteiger partial charge in [-0.25, -0.2) is 9.13 Å². The lowest BCUT2D eigenvalue weighted by Gasteiger charge is -2.21. The zero-order valence-electron chi connectivity index (χ0n) is 69.0. The van der Waals surface area contributed by atoms with Crippen molar-refractivity contribution in [3.05, 3.63) is 0 Å². The second-order valence-electron chi connectivity index (χ2n) is 31.9. The summed E-state index contributed by atoms with van der Waals surface area (Å²) in [6.07, 6.45) is 69.5. The van der Waals surface area contributed by atoms with E-state index >= 15 is 0 Å². The van der Waals surface area contributed by atoms with E-state index in [9.17, 15) is 43.2 Å². The Morgan fingerprint density at radius 2 is 0.438 bits per heavy atom. The third kappa shape index (κ3) is 79.9. The molecular weight excluding hydrogens is 1370 g/mol. The summed E-state index contributed by atoms with van der Waals surface area (Å²) >= 11 is 0. The Bertz CT molecular complexity index is 2010. The zero-order valence-corrected chi connectivity index (χ0v) is 70.8. The normalized spacial score (nSPS) is 13.8. The van der Waals surface area contributed by atoms with E-state index in [2.05, 4.69) is 41.5 Å². The highest BCUT2D eigenvalue weighted by Gasteiger charge is 2.30. The summed E-state index contributed by atoms with van der Waals surface area (Å²) in [7, 11) is -9.93. The van der Waals surface area contributed by atoms with Crippen molar-refractivity contribution < 1.29 is 80.2 Å². The minimum Gasteiger partial charge on any atom is -0.462 e. The van der Waals surface area contributed by atoms with Crippen molar-refractivity contribution in [3.8, 4) is 0 Å². The fraction of sp³-hybridized carbons (Fsp3) is 0.953. The summed E-state index contributed by atoms with van der Waals surface area (Å²) in [5.74, 6) is -0.588. The molecule has 0 spiro atoms. The quantitative estimate of drug-likeness (QED) is 0.0222. The first kappa shape index (κ1) is 103. The van der Waals surface area contributed by atoms with Crippen LogP contribution in [0, 0.1) is 11.8 Å². The van der Waals surface area contributed by atoms with Gasteiger partial charge in [-0.1, -0.05) is 408 Å². The van der Waals surface area contributed by atoms with Crippen molar-refractivity contribution in [2.24, 2.45) is 11.8 Å². The molecule has 2 unspecified atom stereocenters. The lowest BCUT2D eigenvalue weighted by Crippen LogP contribution is -2.30. The highest BCUT2D eigenvalue weighted by molar-refractivity contribution is 7.47. The SMILES string of the molecule is CCCCCCCCCCCCCCCCCCCCCC(=O)OC[C@H](COP(=O)(O)OC[C@@H](O)COP(=O)(O)OC[C@@H](COC(=O)CCCCCCCCCC(C)C)OC(=O)CCCCCCCCCCCCCCCCCCC)OC(=O)CCCCCCCCCCCCCCCCCCC(C)C. The first-order valence-electron chi connectivity index (χ1n) is 44.5. The second kappa shape index (κ2) is 77.4. The number of carbonyl (C=O) groups is 4. The number of hydrogen-bond acceptors (Lipinski definition) is 15. The molecule has 5 atom stereocenters. The van der Waals surface area contributed by atoms with Crippen LogP contribution in [0.15, 0.2) is 0 Å². The maximum absolute atomic E-state index is 13.1. The number of phosphoric ester groups is 2. The van der Waals surface area contributed by atoms with Crippen molar-refractivity contribution in [1.29, 1.82) is 0 Å². The van der Waals surface area contributed by atoms with Crippen LogP contribution >= 0.6 is 15.6 Å². The summed E-state index contributed by atoms with van der Waals surface area (Å²) in [5, 5.41) is 10.7. The first-order chi connectivity index (χ1) is 50.9. The summed E-state index contributed by atoms with van der Waals surface area (Å²) < 4.78 is 68.9. The topological polar surface area (TPSA) is 237 Å². The van der Waals surface area contributed by atoms with Gasteiger partial charge in [-0.2, -0.15) is 0 Å². The Morgan fingerprint density at radius 3 is 0.648 bits per heavy atom. The van der Waals surface area contributed by atoms with Crippen LogP contribution in [0.4, 0.5) is 0 Å². The lowest BCUT2D eigenvalue weighted by atomic mass is 10.0. The molecule has 0 aromatic carbocycles. The molecule has 0 aromatic heterocycles. The van der Waals surface area contributed by atoms with Crippen molar-refractivity contribution in [2.75, 3.05) is 39.6 Å². The van der Waals surface area contributed by atoms with Crippen LogP contribution in [-0.2, 0) is 65.4 Å². The van der Waals surface area contributed by atoms with Gasteiger partial charge in [0.25, 0.3) is 0 Å². The third-order valence-electron chi connectivity index (χ3n) is 20.2. The number of esters is 4. The minimum atomic E-state index is -4.97. The van der Waals surface area contributed by atoms with Crippen molar-refractivity contribution in [2.45, 2.75) is 477 Å². The maximum atomic E-state index is 13.1. The molecule has 0 bridgehead atoms. The second-order valence-corrected chi connectivity index (χ2v) is 34.8. The van der Waals surface area contributed by atoms with Gasteiger partial charge in [-0.05, 0) is 37.5 Å². The Kier molecular flexibility index (Phi) is 76.0. The zero-order chi connectivity index (χ0) is 77.1. The highest BCUT2D eigenvalue weighted by atomic mass is 31.2. The Labute approximate surface area is 645 Å². The molecule has 19 heteroatoms. The molecule has 0 aliphatic carbocycles. The molecule has 0 amide bonds. The fourth-order valence-corrected chi connectivity index (χ4v) is 15.0. The fourth-order valence-electron chi connectivity index (χ4n) is 13.4. The Morgan fingerprint density at radius 1 is 0.257 bits per heavy atom. The van der Waals surface area contributed by atoms with E-state index in [0.717, 1.165) is 102 Å². The smallest absolute Gasteiger partial charge is 0.462 e. The van der Waals surface area contributed by atoms with Crippen molar-refractivity contribution >= 4 is 39.5 Å². The summed E-state index contributed by atoms with van der Waals surface area (Å²) in [6, 6.07) is 0. The van der Waals surface area contributed by atoms with Crippen molar-refractivity contribution in [3.63, 3.8) is 0 Å². The van der Waals surface area contributed by atoms with Crippen LogP contribution in [0.25, 0.3) is 0 Å². The number of phosphoric acid groups is 2. The van der Waals surface area contributed by atoms with Gasteiger partial charge in [0, 0.05) is 25.7 Å². The van der Waals surface area contributed by atoms with Crippen LogP contribution < -0.4 is 0 Å². The number of unbranched alkanes of at least 4 members (excludes halogenated alkanes) is 55. The van der Waals surface area contributed by atoms with Crippen LogP contribution in [0.1, 0.15) is 459 Å². The van der Waals surface area contributed by atoms with E-state index in [1.807, 2.05) is 0 Å². The maximum Gasteiger partial charge on any atom is 0.472 e. The molecule has 0 heterocycles.